The minimum absolute atomic E-state index is 0.524. The van der Waals surface area contributed by atoms with Gasteiger partial charge < -0.3 is 20.7 Å². The lowest BCUT2D eigenvalue weighted by molar-refractivity contribution is 0.0904. The Morgan fingerprint density at radius 3 is 2.89 bits per heavy atom. The van der Waals surface area contributed by atoms with Gasteiger partial charge in [-0.15, -0.1) is 0 Å². The number of anilines is 2. The quantitative estimate of drug-likeness (QED) is 0.754. The first-order valence-corrected chi connectivity index (χ1v) is 7.21. The predicted octanol–water partition coefficient (Wildman–Crippen LogP) is 1.71. The van der Waals surface area contributed by atoms with E-state index < -0.39 is 0 Å². The van der Waals surface area contributed by atoms with Gasteiger partial charge in [0.25, 0.3) is 0 Å². The fourth-order valence-corrected chi connectivity index (χ4v) is 2.48. The molecule has 2 saturated heterocycles. The summed E-state index contributed by atoms with van der Waals surface area (Å²) < 4.78 is 5.38. The van der Waals surface area contributed by atoms with Gasteiger partial charge in [-0.3, -0.25) is 0 Å². The van der Waals surface area contributed by atoms with Gasteiger partial charge in [-0.1, -0.05) is 6.07 Å². The third-order valence-electron chi connectivity index (χ3n) is 3.84. The first-order valence-electron chi connectivity index (χ1n) is 7.21. The maximum absolute atomic E-state index is 5.38. The molecule has 2 fully saturated rings. The van der Waals surface area contributed by atoms with Crippen molar-refractivity contribution in [2.75, 3.05) is 43.5 Å². The third-order valence-corrected chi connectivity index (χ3v) is 3.84. The average molecular weight is 260 g/mol. The fourth-order valence-electron chi connectivity index (χ4n) is 2.48. The van der Waals surface area contributed by atoms with Gasteiger partial charge in [-0.2, -0.15) is 0 Å². The van der Waals surface area contributed by atoms with Crippen molar-refractivity contribution < 1.29 is 4.74 Å². The number of benzene rings is 1. The normalized spacial score (nSPS) is 20.8. The van der Waals surface area contributed by atoms with Gasteiger partial charge >= 0.3 is 0 Å². The Labute approximate surface area is 114 Å². The standard InChI is InChI=1S/C15H22N3O/c1-2-14(17-11-12-9-16-10-12)8-15(3-1)18-13-4-6-19-7-5-13/h1-2,8,12-13,16-18H,4-7,9-11H2. The average Bonchev–Trinajstić information content (AvgIpc) is 2.39. The van der Waals surface area contributed by atoms with Crippen molar-refractivity contribution in [3.05, 3.63) is 24.3 Å². The Bertz CT molecular complexity index is 400. The second kappa shape index (κ2) is 6.26. The van der Waals surface area contributed by atoms with E-state index in [-0.39, 0.29) is 0 Å². The highest BCUT2D eigenvalue weighted by atomic mass is 16.5. The predicted molar refractivity (Wildman–Crippen MR) is 77.6 cm³/mol. The smallest absolute Gasteiger partial charge is 0.0485 e. The number of hydrogen-bond acceptors (Lipinski definition) is 4. The second-order valence-corrected chi connectivity index (χ2v) is 5.43. The molecule has 1 aromatic rings. The monoisotopic (exact) mass is 260 g/mol. The van der Waals surface area contributed by atoms with Gasteiger partial charge in [0.2, 0.25) is 0 Å². The largest absolute Gasteiger partial charge is 0.385 e. The van der Waals surface area contributed by atoms with E-state index in [2.05, 4.69) is 34.1 Å². The van der Waals surface area contributed by atoms with Crippen LogP contribution in [0.1, 0.15) is 12.8 Å². The summed E-state index contributed by atoms with van der Waals surface area (Å²) in [6, 6.07) is 10.0. The van der Waals surface area contributed by atoms with Crippen molar-refractivity contribution in [2.24, 2.45) is 5.92 Å². The topological polar surface area (TPSA) is 45.3 Å². The molecular weight excluding hydrogens is 238 g/mol. The molecular formula is C15H22N3O. The number of rotatable bonds is 5. The van der Waals surface area contributed by atoms with Crippen LogP contribution >= 0.6 is 0 Å². The number of hydrogen-bond donors (Lipinski definition) is 3. The van der Waals surface area contributed by atoms with Crippen LogP contribution < -0.4 is 16.0 Å². The fraction of sp³-hybridized carbons (Fsp3) is 0.600. The zero-order valence-electron chi connectivity index (χ0n) is 11.2. The van der Waals surface area contributed by atoms with Gasteiger partial charge in [0, 0.05) is 62.2 Å². The summed E-state index contributed by atoms with van der Waals surface area (Å²) in [6.45, 7) is 5.06. The molecule has 0 atom stereocenters. The molecule has 3 N–H and O–H groups in total. The Morgan fingerprint density at radius 1 is 1.32 bits per heavy atom. The minimum atomic E-state index is 0.524. The molecule has 0 spiro atoms. The van der Waals surface area contributed by atoms with E-state index in [9.17, 15) is 0 Å². The molecule has 0 unspecified atom stereocenters. The van der Waals surface area contributed by atoms with Gasteiger partial charge in [-0.25, -0.2) is 0 Å². The van der Waals surface area contributed by atoms with Crippen molar-refractivity contribution in [3.8, 4) is 0 Å². The van der Waals surface area contributed by atoms with E-state index in [1.165, 1.54) is 5.69 Å². The molecule has 4 heteroatoms. The van der Waals surface area contributed by atoms with Crippen molar-refractivity contribution in [2.45, 2.75) is 18.9 Å². The highest BCUT2D eigenvalue weighted by Crippen LogP contribution is 2.19. The molecule has 2 aliphatic rings. The Hall–Kier alpha value is -1.26. The van der Waals surface area contributed by atoms with E-state index in [1.54, 1.807) is 0 Å². The van der Waals surface area contributed by atoms with E-state index in [0.29, 0.717) is 6.04 Å². The van der Waals surface area contributed by atoms with Crippen LogP contribution in [0.25, 0.3) is 0 Å². The first-order chi connectivity index (χ1) is 9.40. The molecule has 3 rings (SSSR count). The third kappa shape index (κ3) is 3.61. The SMILES string of the molecule is [c]1ccc(NCC2CNC2)cc1NC1CCOCC1. The summed E-state index contributed by atoms with van der Waals surface area (Å²) >= 11 is 0. The Balaban J connectivity index is 1.52. The summed E-state index contributed by atoms with van der Waals surface area (Å²) in [4.78, 5) is 0. The molecule has 0 aromatic heterocycles. The molecule has 2 aliphatic heterocycles. The molecule has 0 bridgehead atoms. The van der Waals surface area contributed by atoms with Crippen LogP contribution in [0.15, 0.2) is 18.2 Å². The van der Waals surface area contributed by atoms with Gasteiger partial charge in [0.15, 0.2) is 0 Å². The van der Waals surface area contributed by atoms with Gasteiger partial charge in [0.1, 0.15) is 0 Å². The zero-order chi connectivity index (χ0) is 12.9. The molecule has 0 saturated carbocycles. The highest BCUT2D eigenvalue weighted by Gasteiger charge is 2.16. The van der Waals surface area contributed by atoms with Crippen LogP contribution in [0.2, 0.25) is 0 Å². The molecule has 0 aliphatic carbocycles. The summed E-state index contributed by atoms with van der Waals surface area (Å²) in [5, 5.41) is 10.3. The van der Waals surface area contributed by atoms with Crippen LogP contribution in [0.4, 0.5) is 11.4 Å². The molecule has 2 heterocycles. The lowest BCUT2D eigenvalue weighted by atomic mass is 10.0. The Morgan fingerprint density at radius 2 is 2.16 bits per heavy atom. The van der Waals surface area contributed by atoms with Crippen molar-refractivity contribution in [1.29, 1.82) is 0 Å². The first kappa shape index (κ1) is 12.8. The minimum Gasteiger partial charge on any atom is -0.385 e. The summed E-state index contributed by atoms with van der Waals surface area (Å²) in [7, 11) is 0. The number of nitrogens with one attached hydrogen (secondary N) is 3. The lowest BCUT2D eigenvalue weighted by Crippen LogP contribution is -2.45. The summed E-state index contributed by atoms with van der Waals surface area (Å²) in [5.41, 5.74) is 2.27. The molecule has 0 amide bonds. The van der Waals surface area contributed by atoms with Crippen LogP contribution in [0.5, 0.6) is 0 Å². The lowest BCUT2D eigenvalue weighted by Gasteiger charge is -2.28. The van der Waals surface area contributed by atoms with E-state index in [1.807, 2.05) is 6.07 Å². The molecule has 103 valence electrons. The van der Waals surface area contributed by atoms with E-state index in [4.69, 9.17) is 4.74 Å². The molecule has 19 heavy (non-hydrogen) atoms. The van der Waals surface area contributed by atoms with Gasteiger partial charge in [0.05, 0.1) is 0 Å². The van der Waals surface area contributed by atoms with Crippen LogP contribution in [0.3, 0.4) is 0 Å². The van der Waals surface area contributed by atoms with Crippen molar-refractivity contribution >= 4 is 11.4 Å². The number of ether oxygens (including phenoxy) is 1. The van der Waals surface area contributed by atoms with E-state index >= 15 is 0 Å². The molecule has 1 aromatic carbocycles. The van der Waals surface area contributed by atoms with Crippen molar-refractivity contribution in [1.82, 2.24) is 5.32 Å². The molecule has 4 nitrogen and oxygen atoms in total. The van der Waals surface area contributed by atoms with E-state index in [0.717, 1.165) is 57.3 Å². The zero-order valence-corrected chi connectivity index (χ0v) is 11.2. The maximum atomic E-state index is 5.38. The summed E-state index contributed by atoms with van der Waals surface area (Å²) in [5.74, 6) is 0.774. The van der Waals surface area contributed by atoms with Crippen molar-refractivity contribution in [3.63, 3.8) is 0 Å². The van der Waals surface area contributed by atoms with Crippen LogP contribution in [-0.4, -0.2) is 38.9 Å². The highest BCUT2D eigenvalue weighted by molar-refractivity contribution is 5.56. The Kier molecular flexibility index (Phi) is 4.20. The maximum Gasteiger partial charge on any atom is 0.0485 e. The van der Waals surface area contributed by atoms with Crippen LogP contribution in [0, 0.1) is 12.0 Å². The summed E-state index contributed by atoms with van der Waals surface area (Å²) in [6.07, 6.45) is 2.17. The molecule has 1 radical (unpaired) electrons. The second-order valence-electron chi connectivity index (χ2n) is 5.43. The van der Waals surface area contributed by atoms with Crippen LogP contribution in [-0.2, 0) is 4.74 Å². The van der Waals surface area contributed by atoms with Gasteiger partial charge in [-0.05, 0) is 25.0 Å².